The second kappa shape index (κ2) is 7.19. The number of likely N-dealkylation sites (N-methyl/N-ethyl adjacent to an activating group) is 1. The average Bonchev–Trinajstić information content (AvgIpc) is 3.21. The molecular formula is C19H26N6O. The number of benzene rings is 1. The number of aryl methyl sites for hydroxylation is 2. The van der Waals surface area contributed by atoms with Gasteiger partial charge in [-0.25, -0.2) is 9.97 Å². The quantitative estimate of drug-likeness (QED) is 0.752. The van der Waals surface area contributed by atoms with Crippen molar-refractivity contribution in [2.75, 3.05) is 26.7 Å². The van der Waals surface area contributed by atoms with Crippen LogP contribution in [-0.2, 0) is 25.4 Å². The van der Waals surface area contributed by atoms with Gasteiger partial charge < -0.3 is 19.2 Å². The second-order valence-electron chi connectivity index (χ2n) is 7.07. The molecule has 1 N–H and O–H groups in total. The van der Waals surface area contributed by atoms with Crippen LogP contribution in [0, 0.1) is 0 Å². The number of nitrogens with zero attached hydrogens (tertiary/aromatic N) is 5. The highest BCUT2D eigenvalue weighted by atomic mass is 16.5. The number of ether oxygens (including phenoxy) is 1. The van der Waals surface area contributed by atoms with Crippen LogP contribution in [-0.4, -0.2) is 56.9 Å². The third-order valence-electron chi connectivity index (χ3n) is 5.22. The first-order chi connectivity index (χ1) is 12.6. The molecule has 0 amide bonds. The Morgan fingerprint density at radius 2 is 2.08 bits per heavy atom. The summed E-state index contributed by atoms with van der Waals surface area (Å²) in [5.74, 6) is 0. The van der Waals surface area contributed by atoms with E-state index in [2.05, 4.69) is 50.0 Å². The minimum absolute atomic E-state index is 0.0998. The van der Waals surface area contributed by atoms with Crippen LogP contribution in [0.25, 0.3) is 11.0 Å². The maximum atomic E-state index is 6.09. The Balaban J connectivity index is 1.42. The van der Waals surface area contributed by atoms with Crippen LogP contribution in [0.15, 0.2) is 37.1 Å². The third kappa shape index (κ3) is 3.25. The summed E-state index contributed by atoms with van der Waals surface area (Å²) in [4.78, 5) is 11.1. The van der Waals surface area contributed by atoms with Gasteiger partial charge in [-0.1, -0.05) is 6.07 Å². The molecule has 26 heavy (non-hydrogen) atoms. The zero-order chi connectivity index (χ0) is 18.1. The lowest BCUT2D eigenvalue weighted by atomic mass is 10.0. The summed E-state index contributed by atoms with van der Waals surface area (Å²) in [6.07, 6.45) is 5.75. The molecule has 1 fully saturated rings. The van der Waals surface area contributed by atoms with Crippen LogP contribution in [0.5, 0.6) is 0 Å². The summed E-state index contributed by atoms with van der Waals surface area (Å²) in [6, 6.07) is 6.64. The van der Waals surface area contributed by atoms with Gasteiger partial charge in [-0.05, 0) is 24.7 Å². The molecule has 4 rings (SSSR count). The summed E-state index contributed by atoms with van der Waals surface area (Å²) in [5.41, 5.74) is 4.61. The van der Waals surface area contributed by atoms with Crippen molar-refractivity contribution in [1.29, 1.82) is 0 Å². The van der Waals surface area contributed by atoms with Gasteiger partial charge in [0.2, 0.25) is 0 Å². The van der Waals surface area contributed by atoms with E-state index in [1.165, 1.54) is 11.3 Å². The van der Waals surface area contributed by atoms with Gasteiger partial charge in [-0.15, -0.1) is 0 Å². The Labute approximate surface area is 153 Å². The van der Waals surface area contributed by atoms with E-state index in [0.29, 0.717) is 0 Å². The van der Waals surface area contributed by atoms with Crippen molar-refractivity contribution in [2.24, 2.45) is 14.1 Å². The minimum atomic E-state index is 0.0998. The van der Waals surface area contributed by atoms with Crippen LogP contribution < -0.4 is 5.32 Å². The summed E-state index contributed by atoms with van der Waals surface area (Å²) >= 11 is 0. The normalized spacial score (nSPS) is 21.5. The maximum absolute atomic E-state index is 6.09. The zero-order valence-electron chi connectivity index (χ0n) is 15.6. The van der Waals surface area contributed by atoms with Crippen molar-refractivity contribution in [3.05, 3.63) is 48.3 Å². The predicted molar refractivity (Wildman–Crippen MR) is 101 cm³/mol. The predicted octanol–water partition coefficient (Wildman–Crippen LogP) is 1.47. The number of fused-ring (bicyclic) bond motifs is 1. The van der Waals surface area contributed by atoms with Crippen molar-refractivity contribution < 1.29 is 4.74 Å². The third-order valence-corrected chi connectivity index (χ3v) is 5.22. The van der Waals surface area contributed by atoms with E-state index in [-0.39, 0.29) is 12.1 Å². The molecule has 0 aliphatic carbocycles. The highest BCUT2D eigenvalue weighted by Crippen LogP contribution is 2.27. The summed E-state index contributed by atoms with van der Waals surface area (Å²) in [7, 11) is 6.21. The van der Waals surface area contributed by atoms with Crippen LogP contribution in [0.1, 0.15) is 17.3 Å². The van der Waals surface area contributed by atoms with E-state index in [1.54, 1.807) is 0 Å². The fraction of sp³-hybridized carbons (Fsp3) is 0.474. The van der Waals surface area contributed by atoms with Gasteiger partial charge in [0.1, 0.15) is 0 Å². The van der Waals surface area contributed by atoms with Crippen molar-refractivity contribution >= 4 is 11.0 Å². The lowest BCUT2D eigenvalue weighted by molar-refractivity contribution is -0.0636. The molecule has 1 aliphatic rings. The highest BCUT2D eigenvalue weighted by molar-refractivity contribution is 5.75. The molecule has 138 valence electrons. The number of imidazole rings is 2. The van der Waals surface area contributed by atoms with Crippen LogP contribution in [0.2, 0.25) is 0 Å². The summed E-state index contributed by atoms with van der Waals surface area (Å²) < 4.78 is 10.2. The Morgan fingerprint density at radius 1 is 1.19 bits per heavy atom. The standard InChI is InChI=1S/C19H26N6O/c1-23-6-7-26-18(19(23)17-10-21-12-24(17)2)11-20-9-14-4-5-16-15(8-14)22-13-25(16)3/h4-5,8,10,12-13,18-20H,6-7,9,11H2,1-3H3/t18-,19-/m0/s1. The monoisotopic (exact) mass is 354 g/mol. The van der Waals surface area contributed by atoms with Crippen molar-refractivity contribution in [1.82, 2.24) is 29.3 Å². The van der Waals surface area contributed by atoms with Crippen molar-refractivity contribution in [3.8, 4) is 0 Å². The lowest BCUT2D eigenvalue weighted by Gasteiger charge is -2.39. The molecule has 2 atom stereocenters. The minimum Gasteiger partial charge on any atom is -0.374 e. The molecule has 0 bridgehead atoms. The number of hydrogen-bond donors (Lipinski definition) is 1. The molecule has 0 unspecified atom stereocenters. The average molecular weight is 354 g/mol. The molecule has 1 aromatic carbocycles. The number of nitrogens with one attached hydrogen (secondary N) is 1. The van der Waals surface area contributed by atoms with Gasteiger partial charge >= 0.3 is 0 Å². The number of aromatic nitrogens is 4. The molecular weight excluding hydrogens is 328 g/mol. The van der Waals surface area contributed by atoms with E-state index in [9.17, 15) is 0 Å². The SMILES string of the molecule is CN1CCO[C@@H](CNCc2ccc3c(c2)ncn3C)[C@@H]1c1cncn1C. The van der Waals surface area contributed by atoms with E-state index < -0.39 is 0 Å². The lowest BCUT2D eigenvalue weighted by Crippen LogP contribution is -2.47. The van der Waals surface area contributed by atoms with Crippen molar-refractivity contribution in [3.63, 3.8) is 0 Å². The first-order valence-electron chi connectivity index (χ1n) is 9.02. The van der Waals surface area contributed by atoms with E-state index >= 15 is 0 Å². The molecule has 2 aromatic heterocycles. The number of rotatable bonds is 5. The molecule has 7 nitrogen and oxygen atoms in total. The van der Waals surface area contributed by atoms with Gasteiger partial charge in [0, 0.05) is 39.9 Å². The summed E-state index contributed by atoms with van der Waals surface area (Å²) in [5, 5.41) is 3.56. The van der Waals surface area contributed by atoms with Crippen LogP contribution in [0.4, 0.5) is 0 Å². The molecule has 0 saturated carbocycles. The first kappa shape index (κ1) is 17.2. The Hall–Kier alpha value is -2.22. The Kier molecular flexibility index (Phi) is 4.76. The second-order valence-corrected chi connectivity index (χ2v) is 7.07. The zero-order valence-corrected chi connectivity index (χ0v) is 15.6. The van der Waals surface area contributed by atoms with Gasteiger partial charge in [-0.2, -0.15) is 0 Å². The van der Waals surface area contributed by atoms with Gasteiger partial charge in [0.15, 0.2) is 0 Å². The first-order valence-corrected chi connectivity index (χ1v) is 9.02. The van der Waals surface area contributed by atoms with Gasteiger partial charge in [0.25, 0.3) is 0 Å². The fourth-order valence-corrected chi connectivity index (χ4v) is 3.75. The maximum Gasteiger partial charge on any atom is 0.0955 e. The fourth-order valence-electron chi connectivity index (χ4n) is 3.75. The van der Waals surface area contributed by atoms with E-state index in [0.717, 1.165) is 37.3 Å². The molecule has 1 saturated heterocycles. The Morgan fingerprint density at radius 3 is 2.88 bits per heavy atom. The summed E-state index contributed by atoms with van der Waals surface area (Å²) in [6.45, 7) is 3.29. The molecule has 0 radical (unpaired) electrons. The molecule has 0 spiro atoms. The van der Waals surface area contributed by atoms with E-state index in [1.807, 2.05) is 37.5 Å². The van der Waals surface area contributed by atoms with Crippen molar-refractivity contribution in [2.45, 2.75) is 18.7 Å². The molecule has 3 heterocycles. The number of morpholine rings is 1. The van der Waals surface area contributed by atoms with Crippen LogP contribution in [0.3, 0.4) is 0 Å². The molecule has 3 aromatic rings. The van der Waals surface area contributed by atoms with Crippen LogP contribution >= 0.6 is 0 Å². The largest absolute Gasteiger partial charge is 0.374 e. The van der Waals surface area contributed by atoms with Gasteiger partial charge in [0.05, 0.1) is 48.1 Å². The molecule has 1 aliphatic heterocycles. The highest BCUT2D eigenvalue weighted by Gasteiger charge is 2.32. The topological polar surface area (TPSA) is 60.1 Å². The van der Waals surface area contributed by atoms with Gasteiger partial charge in [-0.3, -0.25) is 4.90 Å². The number of hydrogen-bond acceptors (Lipinski definition) is 5. The smallest absolute Gasteiger partial charge is 0.0955 e. The molecule has 7 heteroatoms. The van der Waals surface area contributed by atoms with E-state index in [4.69, 9.17) is 4.74 Å². The Bertz CT molecular complexity index is 885.